The number of nitrogens with one attached hydrogen (secondary N) is 1. The van der Waals surface area contributed by atoms with Crippen LogP contribution in [0.2, 0.25) is 0 Å². The quantitative estimate of drug-likeness (QED) is 0.931. The molecule has 0 aliphatic carbocycles. The van der Waals surface area contributed by atoms with E-state index >= 15 is 0 Å². The van der Waals surface area contributed by atoms with Crippen LogP contribution in [0.15, 0.2) is 16.8 Å². The molecule has 19 heavy (non-hydrogen) atoms. The molecule has 2 fully saturated rings. The minimum absolute atomic E-state index is 0.0624. The highest BCUT2D eigenvalue weighted by Gasteiger charge is 2.50. The molecule has 3 heterocycles. The second kappa shape index (κ2) is 5.11. The van der Waals surface area contributed by atoms with Crippen LogP contribution in [0.25, 0.3) is 0 Å². The number of rotatable bonds is 3. The molecule has 3 rings (SSSR count). The summed E-state index contributed by atoms with van der Waals surface area (Å²) in [5.41, 5.74) is 0.826. The molecular formula is C14H20N2OS2. The van der Waals surface area contributed by atoms with E-state index in [4.69, 9.17) is 0 Å². The average Bonchev–Trinajstić information content (AvgIpc) is 3.12. The Labute approximate surface area is 122 Å². The van der Waals surface area contributed by atoms with Crippen molar-refractivity contribution in [2.45, 2.75) is 44.4 Å². The molecule has 2 saturated heterocycles. The van der Waals surface area contributed by atoms with Gasteiger partial charge in [0.2, 0.25) is 5.91 Å². The molecule has 3 nitrogen and oxygen atoms in total. The number of amides is 1. The van der Waals surface area contributed by atoms with Crippen molar-refractivity contribution < 1.29 is 4.79 Å². The van der Waals surface area contributed by atoms with E-state index in [0.717, 1.165) is 18.6 Å². The maximum atomic E-state index is 12.8. The molecule has 2 aliphatic rings. The highest BCUT2D eigenvalue weighted by atomic mass is 32.2. The molecule has 3 atom stereocenters. The van der Waals surface area contributed by atoms with Crippen molar-refractivity contribution in [2.24, 2.45) is 0 Å². The second-order valence-electron chi connectivity index (χ2n) is 5.52. The fraction of sp³-hybridized carbons (Fsp3) is 0.643. The van der Waals surface area contributed by atoms with Gasteiger partial charge in [-0.05, 0) is 47.9 Å². The van der Waals surface area contributed by atoms with E-state index in [1.54, 1.807) is 11.3 Å². The van der Waals surface area contributed by atoms with Crippen molar-refractivity contribution in [2.75, 3.05) is 11.5 Å². The Kier molecular flexibility index (Phi) is 3.62. The van der Waals surface area contributed by atoms with Crippen molar-refractivity contribution >= 4 is 29.0 Å². The van der Waals surface area contributed by atoms with Gasteiger partial charge in [0.15, 0.2) is 0 Å². The minimum Gasteiger partial charge on any atom is -0.317 e. The van der Waals surface area contributed by atoms with Gasteiger partial charge in [-0.1, -0.05) is 6.92 Å². The number of carbonyl (C=O) groups is 1. The largest absolute Gasteiger partial charge is 0.317 e. The van der Waals surface area contributed by atoms with Crippen molar-refractivity contribution in [3.63, 3.8) is 0 Å². The topological polar surface area (TPSA) is 32.3 Å². The first kappa shape index (κ1) is 13.5. The summed E-state index contributed by atoms with van der Waals surface area (Å²) in [5, 5.41) is 7.81. The molecular weight excluding hydrogens is 276 g/mol. The van der Waals surface area contributed by atoms with E-state index in [9.17, 15) is 4.79 Å². The summed E-state index contributed by atoms with van der Waals surface area (Å²) >= 11 is 3.66. The maximum absolute atomic E-state index is 12.8. The zero-order chi connectivity index (χ0) is 13.5. The Morgan fingerprint density at radius 3 is 3.00 bits per heavy atom. The van der Waals surface area contributed by atoms with Crippen LogP contribution in [0.4, 0.5) is 0 Å². The van der Waals surface area contributed by atoms with Crippen LogP contribution >= 0.6 is 23.1 Å². The normalized spacial score (nSPS) is 35.3. The molecule has 2 aliphatic heterocycles. The van der Waals surface area contributed by atoms with Gasteiger partial charge in [0.25, 0.3) is 0 Å². The van der Waals surface area contributed by atoms with Gasteiger partial charge in [0, 0.05) is 11.8 Å². The van der Waals surface area contributed by atoms with Crippen molar-refractivity contribution in [1.29, 1.82) is 0 Å². The second-order valence-corrected chi connectivity index (χ2v) is 7.45. The number of hydrogen-bond acceptors (Lipinski definition) is 4. The zero-order valence-corrected chi connectivity index (χ0v) is 13.0. The van der Waals surface area contributed by atoms with Gasteiger partial charge in [-0.15, -0.1) is 0 Å². The Bertz CT molecular complexity index is 456. The molecule has 3 unspecified atom stereocenters. The van der Waals surface area contributed by atoms with E-state index in [0.29, 0.717) is 6.04 Å². The highest BCUT2D eigenvalue weighted by Crippen LogP contribution is 2.38. The standard InChI is InChI=1S/C14H20N2OS2/c1-3-14(2)13(17)16(11-5-7-19-9-11)12(15-14)10-4-6-18-8-10/h4,6,8,11-12,15H,3,5,7,9H2,1-2H3. The van der Waals surface area contributed by atoms with Crippen LogP contribution in [0.1, 0.15) is 38.4 Å². The van der Waals surface area contributed by atoms with E-state index < -0.39 is 5.54 Å². The molecule has 0 aromatic carbocycles. The number of thioether (sulfide) groups is 1. The Hall–Kier alpha value is -0.520. The first-order chi connectivity index (χ1) is 9.15. The smallest absolute Gasteiger partial charge is 0.244 e. The SMILES string of the molecule is CCC1(C)NC(c2ccsc2)N(C2CCSC2)C1=O. The van der Waals surface area contributed by atoms with Gasteiger partial charge in [0.05, 0.1) is 5.54 Å². The van der Waals surface area contributed by atoms with Crippen LogP contribution in [0, 0.1) is 0 Å². The fourth-order valence-electron chi connectivity index (χ4n) is 2.88. The Morgan fingerprint density at radius 1 is 1.58 bits per heavy atom. The predicted molar refractivity (Wildman–Crippen MR) is 81.5 cm³/mol. The molecule has 1 N–H and O–H groups in total. The van der Waals surface area contributed by atoms with Gasteiger partial charge >= 0.3 is 0 Å². The number of nitrogens with zero attached hydrogens (tertiary/aromatic N) is 1. The first-order valence-electron chi connectivity index (χ1n) is 6.86. The van der Waals surface area contributed by atoms with Crippen LogP contribution in [-0.2, 0) is 4.79 Å². The number of thiophene rings is 1. The predicted octanol–water partition coefficient (Wildman–Crippen LogP) is 2.85. The number of carbonyl (C=O) groups excluding carboxylic acids is 1. The van der Waals surface area contributed by atoms with E-state index in [2.05, 4.69) is 34.0 Å². The van der Waals surface area contributed by atoms with Crippen LogP contribution in [0.5, 0.6) is 0 Å². The molecule has 0 spiro atoms. The third kappa shape index (κ3) is 2.22. The third-order valence-corrected chi connectivity index (χ3v) is 6.15. The zero-order valence-electron chi connectivity index (χ0n) is 11.4. The molecule has 1 aromatic heterocycles. The van der Waals surface area contributed by atoms with Gasteiger partial charge in [-0.25, -0.2) is 0 Å². The van der Waals surface area contributed by atoms with Crippen molar-refractivity contribution in [3.8, 4) is 0 Å². The average molecular weight is 296 g/mol. The summed E-state index contributed by atoms with van der Waals surface area (Å²) in [5.74, 6) is 2.53. The van der Waals surface area contributed by atoms with E-state index in [1.807, 2.05) is 18.7 Å². The molecule has 5 heteroatoms. The Morgan fingerprint density at radius 2 is 2.42 bits per heavy atom. The molecule has 0 bridgehead atoms. The van der Waals surface area contributed by atoms with Gasteiger partial charge < -0.3 is 4.90 Å². The van der Waals surface area contributed by atoms with Gasteiger partial charge in [-0.2, -0.15) is 23.1 Å². The summed E-state index contributed by atoms with van der Waals surface area (Å²) in [4.78, 5) is 14.9. The summed E-state index contributed by atoms with van der Waals surface area (Å²) in [6, 6.07) is 2.52. The Balaban J connectivity index is 1.94. The summed E-state index contributed by atoms with van der Waals surface area (Å²) in [7, 11) is 0. The molecule has 1 amide bonds. The maximum Gasteiger partial charge on any atom is 0.244 e. The van der Waals surface area contributed by atoms with Crippen molar-refractivity contribution in [3.05, 3.63) is 22.4 Å². The van der Waals surface area contributed by atoms with E-state index in [1.165, 1.54) is 11.3 Å². The molecule has 0 radical (unpaired) electrons. The summed E-state index contributed by atoms with van der Waals surface area (Å²) < 4.78 is 0. The van der Waals surface area contributed by atoms with Crippen molar-refractivity contribution in [1.82, 2.24) is 10.2 Å². The molecule has 0 saturated carbocycles. The highest BCUT2D eigenvalue weighted by molar-refractivity contribution is 7.99. The van der Waals surface area contributed by atoms with Gasteiger partial charge in [-0.3, -0.25) is 10.1 Å². The van der Waals surface area contributed by atoms with Crippen LogP contribution in [0.3, 0.4) is 0 Å². The number of hydrogen-bond donors (Lipinski definition) is 1. The molecule has 104 valence electrons. The third-order valence-electron chi connectivity index (χ3n) is 4.31. The summed E-state index contributed by atoms with van der Waals surface area (Å²) in [6.45, 7) is 4.12. The summed E-state index contributed by atoms with van der Waals surface area (Å²) in [6.07, 6.45) is 2.02. The molecule has 1 aromatic rings. The minimum atomic E-state index is -0.403. The fourth-order valence-corrected chi connectivity index (χ4v) is 4.76. The lowest BCUT2D eigenvalue weighted by molar-refractivity contribution is -0.134. The van der Waals surface area contributed by atoms with Crippen LogP contribution < -0.4 is 5.32 Å². The lowest BCUT2D eigenvalue weighted by Crippen LogP contribution is -2.45. The first-order valence-corrected chi connectivity index (χ1v) is 8.96. The van der Waals surface area contributed by atoms with Crippen LogP contribution in [-0.4, -0.2) is 33.9 Å². The van der Waals surface area contributed by atoms with Gasteiger partial charge in [0.1, 0.15) is 6.17 Å². The lowest BCUT2D eigenvalue weighted by atomic mass is 9.99. The van der Waals surface area contributed by atoms with E-state index in [-0.39, 0.29) is 12.1 Å². The monoisotopic (exact) mass is 296 g/mol. The lowest BCUT2D eigenvalue weighted by Gasteiger charge is -2.29.